The zero-order valence-corrected chi connectivity index (χ0v) is 18.5. The summed E-state index contributed by atoms with van der Waals surface area (Å²) in [7, 11) is 0. The van der Waals surface area contributed by atoms with Gasteiger partial charge in [-0.3, -0.25) is 25.0 Å². The fraction of sp³-hybridized carbons (Fsp3) is 0.125. The van der Waals surface area contributed by atoms with Gasteiger partial charge in [0.25, 0.3) is 17.5 Å². The molecule has 1 aliphatic heterocycles. The van der Waals surface area contributed by atoms with Gasteiger partial charge in [-0.2, -0.15) is 0 Å². The number of non-ortho nitro benzene ring substituents is 1. The highest BCUT2D eigenvalue weighted by molar-refractivity contribution is 6.39. The van der Waals surface area contributed by atoms with Gasteiger partial charge < -0.3 is 4.57 Å². The third kappa shape index (κ3) is 3.85. The number of aryl methyl sites for hydroxylation is 2. The number of rotatable bonds is 4. The summed E-state index contributed by atoms with van der Waals surface area (Å²) in [6, 6.07) is 10.2. The number of hydrogen-bond donors (Lipinski definition) is 1. The molecule has 3 aromatic rings. The Morgan fingerprint density at radius 1 is 1.03 bits per heavy atom. The molecule has 0 unspecified atom stereocenters. The van der Waals surface area contributed by atoms with Crippen LogP contribution >= 0.6 is 0 Å². The number of nitro benzene ring substituents is 1. The molecule has 1 aliphatic rings. The maximum Gasteiger partial charge on any atom is 0.335 e. The normalized spacial score (nSPS) is 15.1. The fourth-order valence-electron chi connectivity index (χ4n) is 3.97. The standard InChI is InChI=1S/C24H19FN4O5/c1-13-9-19(29(33)34)7-8-21(13)27-14(2)10-16(15(27)3)11-20-22(30)26-24(32)28(23(20)31)18-6-4-5-17(25)12-18/h4-12H,1-3H3,(H,26,30,32)/b20-11+. The van der Waals surface area contributed by atoms with E-state index < -0.39 is 28.6 Å². The molecule has 0 atom stereocenters. The van der Waals surface area contributed by atoms with Gasteiger partial charge in [0.2, 0.25) is 0 Å². The number of urea groups is 1. The lowest BCUT2D eigenvalue weighted by Gasteiger charge is -2.26. The van der Waals surface area contributed by atoms with Crippen molar-refractivity contribution < 1.29 is 23.7 Å². The maximum atomic E-state index is 13.7. The summed E-state index contributed by atoms with van der Waals surface area (Å²) in [6.45, 7) is 5.35. The molecule has 1 saturated heterocycles. The molecular formula is C24H19FN4O5. The predicted molar refractivity (Wildman–Crippen MR) is 122 cm³/mol. The number of halogens is 1. The highest BCUT2D eigenvalue weighted by Gasteiger charge is 2.37. The number of nitrogens with one attached hydrogen (secondary N) is 1. The van der Waals surface area contributed by atoms with Gasteiger partial charge in [0.15, 0.2) is 0 Å². The average Bonchev–Trinajstić information content (AvgIpc) is 3.04. The highest BCUT2D eigenvalue weighted by Crippen LogP contribution is 2.28. The van der Waals surface area contributed by atoms with Crippen molar-refractivity contribution in [3.63, 3.8) is 0 Å². The van der Waals surface area contributed by atoms with E-state index in [2.05, 4.69) is 5.32 Å². The fourth-order valence-corrected chi connectivity index (χ4v) is 3.97. The summed E-state index contributed by atoms with van der Waals surface area (Å²) >= 11 is 0. The second-order valence-electron chi connectivity index (χ2n) is 7.83. The molecular weight excluding hydrogens is 443 g/mol. The van der Waals surface area contributed by atoms with E-state index in [0.29, 0.717) is 27.4 Å². The molecule has 172 valence electrons. The number of amides is 4. The van der Waals surface area contributed by atoms with E-state index in [-0.39, 0.29) is 16.9 Å². The van der Waals surface area contributed by atoms with Crippen molar-refractivity contribution in [1.82, 2.24) is 9.88 Å². The third-order valence-corrected chi connectivity index (χ3v) is 5.57. The number of nitro groups is 1. The second kappa shape index (κ2) is 8.39. The number of nitrogens with zero attached hydrogens (tertiary/aromatic N) is 3. The van der Waals surface area contributed by atoms with Gasteiger partial charge in [0.05, 0.1) is 10.6 Å². The molecule has 4 amide bonds. The largest absolute Gasteiger partial charge is 0.335 e. The molecule has 34 heavy (non-hydrogen) atoms. The molecule has 1 aromatic heterocycles. The second-order valence-corrected chi connectivity index (χ2v) is 7.83. The van der Waals surface area contributed by atoms with Crippen molar-refractivity contribution in [2.75, 3.05) is 4.90 Å². The van der Waals surface area contributed by atoms with Gasteiger partial charge in [-0.1, -0.05) is 6.07 Å². The van der Waals surface area contributed by atoms with Crippen molar-refractivity contribution in [1.29, 1.82) is 0 Å². The number of hydrogen-bond acceptors (Lipinski definition) is 5. The smallest absolute Gasteiger partial charge is 0.318 e. The zero-order valence-electron chi connectivity index (χ0n) is 18.5. The summed E-state index contributed by atoms with van der Waals surface area (Å²) < 4.78 is 15.5. The first-order chi connectivity index (χ1) is 16.1. The Labute approximate surface area is 193 Å². The van der Waals surface area contributed by atoms with Gasteiger partial charge in [-0.05, 0) is 68.3 Å². The molecule has 2 aromatic carbocycles. The quantitative estimate of drug-likeness (QED) is 0.271. The Bertz CT molecular complexity index is 1420. The van der Waals surface area contributed by atoms with Crippen LogP contribution in [0.5, 0.6) is 0 Å². The summed E-state index contributed by atoms with van der Waals surface area (Å²) in [4.78, 5) is 49.2. The van der Waals surface area contributed by atoms with Crippen LogP contribution in [-0.4, -0.2) is 27.3 Å². The number of benzene rings is 2. The summed E-state index contributed by atoms with van der Waals surface area (Å²) in [5.74, 6) is -2.38. The summed E-state index contributed by atoms with van der Waals surface area (Å²) in [6.07, 6.45) is 1.37. The van der Waals surface area contributed by atoms with Crippen molar-refractivity contribution in [3.8, 4) is 5.69 Å². The molecule has 2 heterocycles. The number of imide groups is 2. The van der Waals surface area contributed by atoms with Crippen LogP contribution in [0.1, 0.15) is 22.5 Å². The van der Waals surface area contributed by atoms with Crippen LogP contribution in [0.3, 0.4) is 0 Å². The van der Waals surface area contributed by atoms with E-state index in [1.54, 1.807) is 26.0 Å². The lowest BCUT2D eigenvalue weighted by molar-refractivity contribution is -0.384. The SMILES string of the molecule is Cc1cc([N+](=O)[O-])ccc1-n1c(C)cc(/C=C2\C(=O)NC(=O)N(c3cccc(F)c3)C2=O)c1C. The zero-order chi connectivity index (χ0) is 24.7. The van der Waals surface area contributed by atoms with Gasteiger partial charge in [0.1, 0.15) is 11.4 Å². The molecule has 1 N–H and O–H groups in total. The van der Waals surface area contributed by atoms with E-state index in [1.165, 1.54) is 36.4 Å². The first-order valence-electron chi connectivity index (χ1n) is 10.2. The van der Waals surface area contributed by atoms with Gasteiger partial charge >= 0.3 is 6.03 Å². The molecule has 4 rings (SSSR count). The summed E-state index contributed by atoms with van der Waals surface area (Å²) in [5.41, 5.74) is 3.04. The third-order valence-electron chi connectivity index (χ3n) is 5.57. The number of barbiturate groups is 1. The summed E-state index contributed by atoms with van der Waals surface area (Å²) in [5, 5.41) is 13.2. The maximum absolute atomic E-state index is 13.7. The van der Waals surface area contributed by atoms with Crippen LogP contribution in [-0.2, 0) is 9.59 Å². The monoisotopic (exact) mass is 462 g/mol. The molecule has 0 saturated carbocycles. The Hall–Kier alpha value is -4.60. The van der Waals surface area contributed by atoms with E-state index in [0.717, 1.165) is 11.8 Å². The predicted octanol–water partition coefficient (Wildman–Crippen LogP) is 4.12. The van der Waals surface area contributed by atoms with Gasteiger partial charge in [-0.25, -0.2) is 14.1 Å². The Morgan fingerprint density at radius 2 is 1.76 bits per heavy atom. The number of carbonyl (C=O) groups excluding carboxylic acids is 3. The topological polar surface area (TPSA) is 115 Å². The van der Waals surface area contributed by atoms with Crippen LogP contribution in [0.15, 0.2) is 54.1 Å². The average molecular weight is 462 g/mol. The van der Waals surface area contributed by atoms with E-state index >= 15 is 0 Å². The lowest BCUT2D eigenvalue weighted by atomic mass is 10.1. The minimum absolute atomic E-state index is 0.00660. The number of aromatic nitrogens is 1. The molecule has 9 nitrogen and oxygen atoms in total. The van der Waals surface area contributed by atoms with E-state index in [4.69, 9.17) is 0 Å². The molecule has 0 radical (unpaired) electrons. The Morgan fingerprint density at radius 3 is 2.41 bits per heavy atom. The van der Waals surface area contributed by atoms with Crippen molar-refractivity contribution in [3.05, 3.63) is 92.6 Å². The van der Waals surface area contributed by atoms with Gasteiger partial charge in [-0.15, -0.1) is 0 Å². The number of carbonyl (C=O) groups is 3. The van der Waals surface area contributed by atoms with Crippen molar-refractivity contribution >= 4 is 35.3 Å². The first-order valence-corrected chi connectivity index (χ1v) is 10.2. The van der Waals surface area contributed by atoms with E-state index in [9.17, 15) is 28.9 Å². The minimum atomic E-state index is -0.968. The van der Waals surface area contributed by atoms with Crippen LogP contribution in [0.25, 0.3) is 11.8 Å². The Balaban J connectivity index is 1.77. The molecule has 1 fully saturated rings. The van der Waals surface area contributed by atoms with Gasteiger partial charge in [0, 0.05) is 29.2 Å². The van der Waals surface area contributed by atoms with Crippen LogP contribution < -0.4 is 10.2 Å². The van der Waals surface area contributed by atoms with Crippen LogP contribution in [0.4, 0.5) is 20.6 Å². The highest BCUT2D eigenvalue weighted by atomic mass is 19.1. The van der Waals surface area contributed by atoms with Crippen molar-refractivity contribution in [2.45, 2.75) is 20.8 Å². The Kier molecular flexibility index (Phi) is 5.58. The van der Waals surface area contributed by atoms with Crippen LogP contribution in [0.2, 0.25) is 0 Å². The molecule has 0 spiro atoms. The molecule has 0 bridgehead atoms. The number of anilines is 1. The minimum Gasteiger partial charge on any atom is -0.318 e. The van der Waals surface area contributed by atoms with Crippen LogP contribution in [0, 0.1) is 36.7 Å². The van der Waals surface area contributed by atoms with E-state index in [1.807, 2.05) is 11.5 Å². The molecule has 10 heteroatoms. The van der Waals surface area contributed by atoms with Crippen molar-refractivity contribution in [2.24, 2.45) is 0 Å². The first kappa shape index (κ1) is 22.6. The molecule has 0 aliphatic carbocycles. The lowest BCUT2D eigenvalue weighted by Crippen LogP contribution is -2.54.